The summed E-state index contributed by atoms with van der Waals surface area (Å²) in [6.45, 7) is 3.69. The van der Waals surface area contributed by atoms with Crippen LogP contribution in [0.2, 0.25) is 0 Å². The van der Waals surface area contributed by atoms with Crippen molar-refractivity contribution in [1.82, 2.24) is 19.8 Å². The molecule has 0 aliphatic carbocycles. The van der Waals surface area contributed by atoms with Gasteiger partial charge in [-0.05, 0) is 18.2 Å². The molecule has 0 spiro atoms. The van der Waals surface area contributed by atoms with Crippen LogP contribution in [-0.2, 0) is 20.9 Å². The number of nitrogens with zero attached hydrogens (tertiary/aromatic N) is 2. The number of aliphatic hydroxyl groups is 1. The van der Waals surface area contributed by atoms with Crippen molar-refractivity contribution in [2.75, 3.05) is 39.6 Å². The molecule has 5 heterocycles. The molecule has 3 N–H and O–H groups in total. The lowest BCUT2D eigenvalue weighted by molar-refractivity contribution is -0.122. The lowest BCUT2D eigenvalue weighted by atomic mass is 9.95. The van der Waals surface area contributed by atoms with E-state index in [1.807, 2.05) is 47.2 Å². The van der Waals surface area contributed by atoms with Crippen molar-refractivity contribution in [3.05, 3.63) is 59.9 Å². The van der Waals surface area contributed by atoms with Crippen LogP contribution in [0.15, 0.2) is 48.8 Å². The van der Waals surface area contributed by atoms with E-state index in [0.717, 1.165) is 29.4 Å². The molecular weight excluding hydrogens is 488 g/mol. The summed E-state index contributed by atoms with van der Waals surface area (Å²) < 4.78 is 18.8. The minimum atomic E-state index is -0.671. The van der Waals surface area contributed by atoms with Crippen molar-refractivity contribution in [3.8, 4) is 11.5 Å². The van der Waals surface area contributed by atoms with Gasteiger partial charge in [-0.25, -0.2) is 0 Å². The topological polar surface area (TPSA) is 118 Å². The van der Waals surface area contributed by atoms with Crippen molar-refractivity contribution in [2.45, 2.75) is 12.6 Å². The molecule has 4 aromatic rings. The Kier molecular flexibility index (Phi) is 5.46. The molecule has 10 nitrogen and oxygen atoms in total. The SMILES string of the molecule is O=C1NC(=O)C(c2cn(CC(O)CN3CCOCC3)c3c4c(ccc23)OCO4)=C1c1c[nH]c2ccccc12. The van der Waals surface area contributed by atoms with Gasteiger partial charge < -0.3 is 28.9 Å². The Labute approximate surface area is 217 Å². The van der Waals surface area contributed by atoms with Crippen LogP contribution in [0.1, 0.15) is 11.1 Å². The smallest absolute Gasteiger partial charge is 0.259 e. The monoisotopic (exact) mass is 514 g/mol. The molecule has 1 atom stereocenters. The fourth-order valence-corrected chi connectivity index (χ4v) is 5.71. The number of carbonyl (C=O) groups excluding carboxylic acids is 2. The van der Waals surface area contributed by atoms with E-state index in [4.69, 9.17) is 14.2 Å². The highest BCUT2D eigenvalue weighted by Gasteiger charge is 2.36. The largest absolute Gasteiger partial charge is 0.454 e. The summed E-state index contributed by atoms with van der Waals surface area (Å²) in [6, 6.07) is 11.3. The molecule has 1 saturated heterocycles. The molecule has 2 aromatic carbocycles. The average Bonchev–Trinajstić information content (AvgIpc) is 3.68. The van der Waals surface area contributed by atoms with E-state index in [1.54, 1.807) is 6.20 Å². The van der Waals surface area contributed by atoms with Gasteiger partial charge in [0.05, 0.1) is 36.0 Å². The molecule has 7 rings (SSSR count). The van der Waals surface area contributed by atoms with Gasteiger partial charge >= 0.3 is 0 Å². The standard InChI is InChI=1S/C28H26N4O6/c33-16(12-31-7-9-36-10-8-31)13-32-14-20(18-5-6-22-26(25(18)32)38-15-37-22)24-23(27(34)30-28(24)35)19-11-29-21-4-2-1-3-17(19)21/h1-6,11,14,16,29,33H,7-10,12-13,15H2,(H,30,34,35). The first-order valence-electron chi connectivity index (χ1n) is 12.6. The number of amides is 2. The zero-order valence-corrected chi connectivity index (χ0v) is 20.5. The van der Waals surface area contributed by atoms with Crippen molar-refractivity contribution < 1.29 is 28.9 Å². The van der Waals surface area contributed by atoms with Crippen LogP contribution in [0.4, 0.5) is 0 Å². The third-order valence-electron chi connectivity index (χ3n) is 7.41. The number of carbonyl (C=O) groups is 2. The minimum absolute atomic E-state index is 0.0908. The molecule has 0 bridgehead atoms. The Morgan fingerprint density at radius 2 is 1.71 bits per heavy atom. The molecular formula is C28H26N4O6. The number of hydrogen-bond donors (Lipinski definition) is 3. The van der Waals surface area contributed by atoms with Crippen LogP contribution in [0.25, 0.3) is 33.0 Å². The molecule has 3 aliphatic heterocycles. The number of rotatable bonds is 6. The number of nitrogens with one attached hydrogen (secondary N) is 2. The van der Waals surface area contributed by atoms with Gasteiger partial charge in [0.15, 0.2) is 11.5 Å². The molecule has 194 valence electrons. The van der Waals surface area contributed by atoms with Crippen molar-refractivity contribution in [2.24, 2.45) is 0 Å². The normalized spacial score (nSPS) is 18.7. The third-order valence-corrected chi connectivity index (χ3v) is 7.41. The van der Waals surface area contributed by atoms with Crippen LogP contribution in [-0.4, -0.2) is 77.1 Å². The Balaban J connectivity index is 1.38. The number of hydrogen-bond acceptors (Lipinski definition) is 7. The first-order valence-corrected chi connectivity index (χ1v) is 12.6. The molecule has 3 aliphatic rings. The number of β-amino-alcohol motifs (C(OH)–C–C–N with tert-alkyl or cyclic N) is 1. The third kappa shape index (κ3) is 3.68. The Hall–Kier alpha value is -4.12. The lowest BCUT2D eigenvalue weighted by Crippen LogP contribution is -2.41. The van der Waals surface area contributed by atoms with Gasteiger partial charge in [-0.2, -0.15) is 0 Å². The molecule has 0 radical (unpaired) electrons. The highest BCUT2D eigenvalue weighted by atomic mass is 16.7. The minimum Gasteiger partial charge on any atom is -0.454 e. The van der Waals surface area contributed by atoms with E-state index in [1.165, 1.54) is 0 Å². The summed E-state index contributed by atoms with van der Waals surface area (Å²) in [6.07, 6.45) is 2.92. The van der Waals surface area contributed by atoms with Gasteiger partial charge in [0.25, 0.3) is 11.8 Å². The number of imide groups is 1. The van der Waals surface area contributed by atoms with E-state index in [0.29, 0.717) is 59.0 Å². The summed E-state index contributed by atoms with van der Waals surface area (Å²) in [5.41, 5.74) is 3.46. The van der Waals surface area contributed by atoms with E-state index in [9.17, 15) is 14.7 Å². The molecule has 0 saturated carbocycles. The van der Waals surface area contributed by atoms with Crippen LogP contribution in [0.3, 0.4) is 0 Å². The first kappa shape index (κ1) is 23.0. The molecule has 1 fully saturated rings. The van der Waals surface area contributed by atoms with Gasteiger partial charge in [0.2, 0.25) is 6.79 Å². The van der Waals surface area contributed by atoms with Crippen molar-refractivity contribution in [3.63, 3.8) is 0 Å². The number of para-hydroxylation sites is 1. The van der Waals surface area contributed by atoms with Crippen LogP contribution >= 0.6 is 0 Å². The average molecular weight is 515 g/mol. The van der Waals surface area contributed by atoms with Gasteiger partial charge in [-0.1, -0.05) is 18.2 Å². The van der Waals surface area contributed by atoms with Crippen LogP contribution in [0, 0.1) is 0 Å². The predicted molar refractivity (Wildman–Crippen MR) is 140 cm³/mol. The Morgan fingerprint density at radius 3 is 2.55 bits per heavy atom. The van der Waals surface area contributed by atoms with E-state index in [2.05, 4.69) is 15.2 Å². The van der Waals surface area contributed by atoms with Crippen LogP contribution < -0.4 is 14.8 Å². The molecule has 10 heteroatoms. The van der Waals surface area contributed by atoms with E-state index >= 15 is 0 Å². The number of aliphatic hydroxyl groups excluding tert-OH is 1. The molecule has 2 aromatic heterocycles. The second-order valence-corrected chi connectivity index (χ2v) is 9.74. The Morgan fingerprint density at radius 1 is 0.921 bits per heavy atom. The van der Waals surface area contributed by atoms with Gasteiger partial charge in [0, 0.05) is 66.0 Å². The number of H-pyrrole nitrogens is 1. The molecule has 38 heavy (non-hydrogen) atoms. The summed E-state index contributed by atoms with van der Waals surface area (Å²) in [5.74, 6) is 0.264. The van der Waals surface area contributed by atoms with Gasteiger partial charge in [0.1, 0.15) is 0 Å². The maximum Gasteiger partial charge on any atom is 0.259 e. The second kappa shape index (κ2) is 9.02. The number of benzene rings is 2. The second-order valence-electron chi connectivity index (χ2n) is 9.74. The lowest BCUT2D eigenvalue weighted by Gasteiger charge is -2.28. The van der Waals surface area contributed by atoms with E-state index in [-0.39, 0.29) is 13.3 Å². The zero-order valence-electron chi connectivity index (χ0n) is 20.5. The number of aromatic amines is 1. The number of fused-ring (bicyclic) bond motifs is 4. The fraction of sp³-hybridized carbons (Fsp3) is 0.286. The van der Waals surface area contributed by atoms with Crippen molar-refractivity contribution in [1.29, 1.82) is 0 Å². The molecule has 1 unspecified atom stereocenters. The zero-order chi connectivity index (χ0) is 25.8. The number of aromatic nitrogens is 2. The van der Waals surface area contributed by atoms with Crippen LogP contribution in [0.5, 0.6) is 11.5 Å². The number of morpholine rings is 1. The van der Waals surface area contributed by atoms with Crippen molar-refractivity contribution >= 4 is 44.8 Å². The Bertz CT molecular complexity index is 1630. The highest BCUT2D eigenvalue weighted by molar-refractivity contribution is 6.50. The maximum absolute atomic E-state index is 13.3. The number of ether oxygens (including phenoxy) is 3. The van der Waals surface area contributed by atoms with E-state index < -0.39 is 17.9 Å². The summed E-state index contributed by atoms with van der Waals surface area (Å²) in [4.78, 5) is 31.8. The van der Waals surface area contributed by atoms with Gasteiger partial charge in [-0.15, -0.1) is 0 Å². The molecule has 2 amide bonds. The summed E-state index contributed by atoms with van der Waals surface area (Å²) in [5, 5.41) is 15.1. The quantitative estimate of drug-likeness (QED) is 0.338. The fourth-order valence-electron chi connectivity index (χ4n) is 5.71. The summed E-state index contributed by atoms with van der Waals surface area (Å²) in [7, 11) is 0. The predicted octanol–water partition coefficient (Wildman–Crippen LogP) is 2.11. The summed E-state index contributed by atoms with van der Waals surface area (Å²) >= 11 is 0. The highest BCUT2D eigenvalue weighted by Crippen LogP contribution is 2.44. The maximum atomic E-state index is 13.3. The van der Waals surface area contributed by atoms with Gasteiger partial charge in [-0.3, -0.25) is 19.8 Å². The first-order chi connectivity index (χ1) is 18.6.